The van der Waals surface area contributed by atoms with Crippen LogP contribution in [0.15, 0.2) is 69.3 Å². The van der Waals surface area contributed by atoms with Gasteiger partial charge in [0.15, 0.2) is 0 Å². The number of carbonyl (C=O) groups excluding carboxylic acids is 2. The van der Waals surface area contributed by atoms with Gasteiger partial charge in [-0.25, -0.2) is 0 Å². The topological polar surface area (TPSA) is 52.6 Å². The van der Waals surface area contributed by atoms with Gasteiger partial charge in [-0.05, 0) is 86.5 Å². The van der Waals surface area contributed by atoms with Crippen LogP contribution in [0.4, 0.5) is 0 Å². The van der Waals surface area contributed by atoms with E-state index in [-0.39, 0.29) is 23.1 Å². The van der Waals surface area contributed by atoms with Crippen LogP contribution in [0, 0.1) is 0 Å². The van der Waals surface area contributed by atoms with Crippen molar-refractivity contribution < 1.29 is 19.1 Å². The Hall–Kier alpha value is -2.62. The van der Waals surface area contributed by atoms with Gasteiger partial charge in [0.05, 0.1) is 14.2 Å². The first kappa shape index (κ1) is 28.4. The number of hydrogen-bond donors (Lipinski definition) is 0. The molecular formula is C29H42O4. The van der Waals surface area contributed by atoms with Crippen LogP contribution in [-0.4, -0.2) is 25.8 Å². The molecule has 33 heavy (non-hydrogen) atoms. The van der Waals surface area contributed by atoms with Gasteiger partial charge in [0.1, 0.15) is 0 Å². The lowest BCUT2D eigenvalue weighted by Gasteiger charge is -2.19. The van der Waals surface area contributed by atoms with E-state index in [4.69, 9.17) is 9.47 Å². The van der Waals surface area contributed by atoms with E-state index in [2.05, 4.69) is 52.8 Å². The summed E-state index contributed by atoms with van der Waals surface area (Å²) in [4.78, 5) is 25.2. The van der Waals surface area contributed by atoms with Gasteiger partial charge in [-0.2, -0.15) is 0 Å². The fraction of sp³-hybridized carbons (Fsp3) is 0.517. The molecule has 0 bridgehead atoms. The molecule has 0 N–H and O–H groups in total. The largest absolute Gasteiger partial charge is 0.489 e. The number of rotatable bonds is 13. The molecule has 0 heterocycles. The third kappa shape index (κ3) is 9.41. The van der Waals surface area contributed by atoms with E-state index in [1.165, 1.54) is 36.5 Å². The molecule has 0 aromatic rings. The number of hydrogen-bond acceptors (Lipinski definition) is 4. The Morgan fingerprint density at radius 2 is 1.09 bits per heavy atom. The highest BCUT2D eigenvalue weighted by molar-refractivity contribution is 6.23. The van der Waals surface area contributed by atoms with Gasteiger partial charge in [0.2, 0.25) is 23.1 Å². The number of allylic oxidation sites excluding steroid dienone is 10. The zero-order chi connectivity index (χ0) is 25.0. The van der Waals surface area contributed by atoms with Crippen molar-refractivity contribution in [2.24, 2.45) is 0 Å². The minimum atomic E-state index is -0.283. The van der Waals surface area contributed by atoms with E-state index in [0.717, 1.165) is 38.5 Å². The smallest absolute Gasteiger partial charge is 0.228 e. The molecule has 0 saturated heterocycles. The lowest BCUT2D eigenvalue weighted by atomic mass is 9.90. The van der Waals surface area contributed by atoms with Crippen LogP contribution in [0.2, 0.25) is 0 Å². The van der Waals surface area contributed by atoms with E-state index >= 15 is 0 Å². The maximum Gasteiger partial charge on any atom is 0.228 e. The van der Waals surface area contributed by atoms with Crippen molar-refractivity contribution in [3.8, 4) is 0 Å². The normalized spacial score (nSPS) is 15.9. The molecule has 0 radical (unpaired) electrons. The molecule has 0 saturated carbocycles. The molecule has 1 aliphatic rings. The zero-order valence-corrected chi connectivity index (χ0v) is 21.9. The van der Waals surface area contributed by atoms with Gasteiger partial charge in [0, 0.05) is 11.1 Å². The molecule has 0 spiro atoms. The number of ketones is 2. The summed E-state index contributed by atoms with van der Waals surface area (Å²) in [7, 11) is 2.76. The molecule has 0 fully saturated rings. The Kier molecular flexibility index (Phi) is 12.5. The van der Waals surface area contributed by atoms with E-state index in [1.807, 2.05) is 6.08 Å². The van der Waals surface area contributed by atoms with Crippen molar-refractivity contribution in [3.63, 3.8) is 0 Å². The maximum absolute atomic E-state index is 12.7. The Morgan fingerprint density at radius 1 is 0.667 bits per heavy atom. The molecule has 0 amide bonds. The number of methoxy groups -OCH3 is 2. The average Bonchev–Trinajstić information content (AvgIpc) is 2.75. The van der Waals surface area contributed by atoms with Crippen LogP contribution < -0.4 is 0 Å². The van der Waals surface area contributed by atoms with Crippen LogP contribution in [0.1, 0.15) is 86.5 Å². The molecule has 4 nitrogen and oxygen atoms in total. The summed E-state index contributed by atoms with van der Waals surface area (Å²) in [6, 6.07) is 0. The van der Waals surface area contributed by atoms with Crippen molar-refractivity contribution in [1.29, 1.82) is 0 Å². The molecule has 4 heteroatoms. The molecule has 1 rings (SSSR count). The average molecular weight is 455 g/mol. The van der Waals surface area contributed by atoms with E-state index in [1.54, 1.807) is 6.92 Å². The third-order valence-corrected chi connectivity index (χ3v) is 5.90. The molecule has 0 aromatic carbocycles. The van der Waals surface area contributed by atoms with Crippen molar-refractivity contribution in [3.05, 3.63) is 69.3 Å². The predicted molar refractivity (Wildman–Crippen MR) is 137 cm³/mol. The highest BCUT2D eigenvalue weighted by Gasteiger charge is 2.33. The quantitative estimate of drug-likeness (QED) is 0.214. The second kappa shape index (κ2) is 14.5. The first-order chi connectivity index (χ1) is 15.6. The van der Waals surface area contributed by atoms with Gasteiger partial charge in [0.25, 0.3) is 0 Å². The molecule has 182 valence electrons. The summed E-state index contributed by atoms with van der Waals surface area (Å²) < 4.78 is 10.2. The first-order valence-electron chi connectivity index (χ1n) is 11.8. The van der Waals surface area contributed by atoms with E-state index in [0.29, 0.717) is 17.6 Å². The molecule has 0 unspecified atom stereocenters. The first-order valence-corrected chi connectivity index (χ1v) is 11.8. The standard InChI is InChI=1S/C29H42O4/c1-20(2)12-9-13-21(3)14-10-15-22(4)16-11-17-23(5)18-19-25-24(6)26(30)28(32-7)29(33-8)27(25)31/h12,14,16,18H,9-11,13,15,17,19H2,1-8H3/b21-14-,22-16+,23-18+. The van der Waals surface area contributed by atoms with Crippen LogP contribution in [-0.2, 0) is 19.1 Å². The lowest BCUT2D eigenvalue weighted by Crippen LogP contribution is -2.24. The minimum Gasteiger partial charge on any atom is -0.489 e. The molecule has 1 aliphatic carbocycles. The summed E-state index contributed by atoms with van der Waals surface area (Å²) in [6.45, 7) is 12.4. The number of ether oxygens (including phenoxy) is 2. The van der Waals surface area contributed by atoms with Crippen molar-refractivity contribution in [1.82, 2.24) is 0 Å². The molecular weight excluding hydrogens is 412 g/mol. The van der Waals surface area contributed by atoms with E-state index in [9.17, 15) is 9.59 Å². The lowest BCUT2D eigenvalue weighted by molar-refractivity contribution is -0.121. The van der Waals surface area contributed by atoms with Crippen LogP contribution >= 0.6 is 0 Å². The molecule has 0 atom stereocenters. The number of Topliss-reactive ketones (excluding diaryl/α,β-unsaturated/α-hetero) is 2. The van der Waals surface area contributed by atoms with Gasteiger partial charge in [-0.1, -0.05) is 46.6 Å². The summed E-state index contributed by atoms with van der Waals surface area (Å²) >= 11 is 0. The Bertz CT molecular complexity index is 900. The summed E-state index contributed by atoms with van der Waals surface area (Å²) in [5, 5.41) is 0. The van der Waals surface area contributed by atoms with Gasteiger partial charge >= 0.3 is 0 Å². The van der Waals surface area contributed by atoms with Gasteiger partial charge < -0.3 is 9.47 Å². The van der Waals surface area contributed by atoms with Crippen LogP contribution in [0.5, 0.6) is 0 Å². The summed E-state index contributed by atoms with van der Waals surface area (Å²) in [5.74, 6) is -0.567. The highest BCUT2D eigenvalue weighted by Crippen LogP contribution is 2.28. The highest BCUT2D eigenvalue weighted by atomic mass is 16.5. The van der Waals surface area contributed by atoms with Gasteiger partial charge in [-0.15, -0.1) is 0 Å². The van der Waals surface area contributed by atoms with Crippen molar-refractivity contribution in [2.45, 2.75) is 86.5 Å². The summed E-state index contributed by atoms with van der Waals surface area (Å²) in [6.07, 6.45) is 15.7. The van der Waals surface area contributed by atoms with Crippen LogP contribution in [0.25, 0.3) is 0 Å². The predicted octanol–water partition coefficient (Wildman–Crippen LogP) is 7.49. The minimum absolute atomic E-state index is 0.00561. The molecule has 0 aliphatic heterocycles. The zero-order valence-electron chi connectivity index (χ0n) is 21.9. The fourth-order valence-corrected chi connectivity index (χ4v) is 3.70. The Balaban J connectivity index is 2.56. The Labute approximate surface area is 200 Å². The second-order valence-corrected chi connectivity index (χ2v) is 9.08. The van der Waals surface area contributed by atoms with E-state index < -0.39 is 0 Å². The second-order valence-electron chi connectivity index (χ2n) is 9.08. The SMILES string of the molecule is COC1=C(OC)C(=O)C(C/C=C(\C)CC/C=C(\C)CC/C=C(/C)CCC=C(C)C)=C(C)C1=O. The molecule has 0 aromatic heterocycles. The summed E-state index contributed by atoms with van der Waals surface area (Å²) in [5.41, 5.74) is 6.37. The number of carbonyl (C=O) groups is 2. The van der Waals surface area contributed by atoms with Crippen molar-refractivity contribution >= 4 is 11.6 Å². The van der Waals surface area contributed by atoms with Gasteiger partial charge in [-0.3, -0.25) is 9.59 Å². The van der Waals surface area contributed by atoms with Crippen LogP contribution in [0.3, 0.4) is 0 Å². The monoisotopic (exact) mass is 454 g/mol. The third-order valence-electron chi connectivity index (χ3n) is 5.90. The van der Waals surface area contributed by atoms with Crippen molar-refractivity contribution in [2.75, 3.05) is 14.2 Å². The fourth-order valence-electron chi connectivity index (χ4n) is 3.70. The Morgan fingerprint density at radius 3 is 1.55 bits per heavy atom. The maximum atomic E-state index is 12.7.